The average molecular weight is 370 g/mol. The zero-order valence-electron chi connectivity index (χ0n) is 16.0. The monoisotopic (exact) mass is 370 g/mol. The first-order valence-electron chi connectivity index (χ1n) is 10.0. The molecule has 2 atom stereocenters. The van der Waals surface area contributed by atoms with Crippen molar-refractivity contribution in [2.75, 3.05) is 6.54 Å². The number of hydrogen-bond donors (Lipinski definition) is 1. The molecule has 1 amide bonds. The van der Waals surface area contributed by atoms with Gasteiger partial charge in [-0.3, -0.25) is 4.79 Å². The molecule has 28 heavy (non-hydrogen) atoms. The number of piperidine rings is 1. The Labute approximate surface area is 167 Å². The van der Waals surface area contributed by atoms with Crippen LogP contribution < -0.4 is 5.32 Å². The minimum absolute atomic E-state index is 0.0964. The van der Waals surface area contributed by atoms with Gasteiger partial charge in [0.05, 0.1) is 12.1 Å². The number of carbonyl (C=O) groups is 1. The molecule has 0 radical (unpaired) electrons. The maximum atomic E-state index is 13.5. The molecule has 0 aromatic heterocycles. The molecule has 1 N–H and O–H groups in total. The van der Waals surface area contributed by atoms with Crippen molar-refractivity contribution in [2.24, 2.45) is 0 Å². The number of nitrogens with one attached hydrogen (secondary N) is 1. The van der Waals surface area contributed by atoms with E-state index in [9.17, 15) is 4.79 Å². The van der Waals surface area contributed by atoms with Gasteiger partial charge in [-0.2, -0.15) is 0 Å². The number of carbonyl (C=O) groups excluding carboxylic acids is 1. The zero-order chi connectivity index (χ0) is 19.2. The van der Waals surface area contributed by atoms with Crippen LogP contribution in [0.3, 0.4) is 0 Å². The zero-order valence-corrected chi connectivity index (χ0v) is 16.0. The molecule has 1 aliphatic heterocycles. The molecule has 3 aromatic carbocycles. The van der Waals surface area contributed by atoms with Crippen molar-refractivity contribution in [2.45, 2.75) is 31.5 Å². The van der Waals surface area contributed by atoms with Gasteiger partial charge in [-0.05, 0) is 42.6 Å². The first kappa shape index (κ1) is 18.5. The summed E-state index contributed by atoms with van der Waals surface area (Å²) in [6.07, 6.45) is 2.07. The molecular formula is C25H26N2O. The van der Waals surface area contributed by atoms with Crippen LogP contribution >= 0.6 is 0 Å². The average Bonchev–Trinajstić information content (AvgIpc) is 2.79. The van der Waals surface area contributed by atoms with Crippen LogP contribution in [-0.2, 0) is 6.54 Å². The first-order chi connectivity index (χ1) is 13.8. The van der Waals surface area contributed by atoms with E-state index in [-0.39, 0.29) is 18.0 Å². The Morgan fingerprint density at radius 3 is 2.14 bits per heavy atom. The number of amides is 1. The molecule has 3 nitrogen and oxygen atoms in total. The van der Waals surface area contributed by atoms with Crippen LogP contribution in [0.25, 0.3) is 0 Å². The number of benzene rings is 3. The van der Waals surface area contributed by atoms with Gasteiger partial charge in [0, 0.05) is 12.1 Å². The smallest absolute Gasteiger partial charge is 0.254 e. The fourth-order valence-corrected chi connectivity index (χ4v) is 4.07. The summed E-state index contributed by atoms with van der Waals surface area (Å²) in [7, 11) is 0. The molecule has 4 rings (SSSR count). The summed E-state index contributed by atoms with van der Waals surface area (Å²) in [4.78, 5) is 15.6. The van der Waals surface area contributed by atoms with Gasteiger partial charge in [0.2, 0.25) is 0 Å². The lowest BCUT2D eigenvalue weighted by molar-refractivity contribution is 0.0564. The van der Waals surface area contributed by atoms with E-state index in [1.807, 2.05) is 54.6 Å². The van der Waals surface area contributed by atoms with Crippen LogP contribution in [-0.4, -0.2) is 23.4 Å². The number of hydrogen-bond acceptors (Lipinski definition) is 2. The van der Waals surface area contributed by atoms with E-state index < -0.39 is 0 Å². The Bertz CT molecular complexity index is 880. The summed E-state index contributed by atoms with van der Waals surface area (Å²) in [6.45, 7) is 1.60. The highest BCUT2D eigenvalue weighted by Crippen LogP contribution is 2.30. The molecule has 0 bridgehead atoms. The second-order valence-electron chi connectivity index (χ2n) is 7.34. The molecule has 1 heterocycles. The molecule has 0 spiro atoms. The predicted octanol–water partition coefficient (Wildman–Crippen LogP) is 4.82. The molecule has 3 heteroatoms. The molecule has 142 valence electrons. The van der Waals surface area contributed by atoms with E-state index in [0.717, 1.165) is 30.5 Å². The van der Waals surface area contributed by atoms with E-state index in [0.29, 0.717) is 6.54 Å². The summed E-state index contributed by atoms with van der Waals surface area (Å²) in [6, 6.07) is 30.7. The van der Waals surface area contributed by atoms with Crippen molar-refractivity contribution in [3.8, 4) is 0 Å². The maximum Gasteiger partial charge on any atom is 0.254 e. The second-order valence-corrected chi connectivity index (χ2v) is 7.34. The van der Waals surface area contributed by atoms with Gasteiger partial charge in [0.15, 0.2) is 0 Å². The van der Waals surface area contributed by atoms with Crippen molar-refractivity contribution in [1.29, 1.82) is 0 Å². The summed E-state index contributed by atoms with van der Waals surface area (Å²) >= 11 is 0. The minimum atomic E-state index is 0.0964. The lowest BCUT2D eigenvalue weighted by Crippen LogP contribution is -2.50. The number of rotatable bonds is 5. The van der Waals surface area contributed by atoms with Gasteiger partial charge in [0.25, 0.3) is 5.91 Å². The maximum absolute atomic E-state index is 13.5. The van der Waals surface area contributed by atoms with E-state index in [1.165, 1.54) is 5.56 Å². The van der Waals surface area contributed by atoms with Crippen LogP contribution in [0.5, 0.6) is 0 Å². The minimum Gasteiger partial charge on any atom is -0.329 e. The quantitative estimate of drug-likeness (QED) is 0.698. The molecule has 1 fully saturated rings. The summed E-state index contributed by atoms with van der Waals surface area (Å²) in [5.74, 6) is 0.0964. The molecular weight excluding hydrogens is 344 g/mol. The third kappa shape index (κ3) is 4.15. The van der Waals surface area contributed by atoms with Crippen LogP contribution in [0.15, 0.2) is 91.0 Å². The number of nitrogens with zero attached hydrogens (tertiary/aromatic N) is 1. The van der Waals surface area contributed by atoms with Crippen LogP contribution in [0, 0.1) is 0 Å². The largest absolute Gasteiger partial charge is 0.329 e. The SMILES string of the molecule is O=C(c1ccccc1)N(Cc1ccccc1)[C@@H]1CCCN[C@@H]1c1ccccc1. The third-order valence-corrected chi connectivity index (χ3v) is 5.46. The van der Waals surface area contributed by atoms with Gasteiger partial charge < -0.3 is 10.2 Å². The molecule has 0 saturated carbocycles. The summed E-state index contributed by atoms with van der Waals surface area (Å²) in [5.41, 5.74) is 3.14. The third-order valence-electron chi connectivity index (χ3n) is 5.46. The summed E-state index contributed by atoms with van der Waals surface area (Å²) in [5, 5.41) is 3.66. The van der Waals surface area contributed by atoms with Gasteiger partial charge >= 0.3 is 0 Å². The van der Waals surface area contributed by atoms with Crippen LogP contribution in [0.1, 0.15) is 40.4 Å². The fraction of sp³-hybridized carbons (Fsp3) is 0.240. The van der Waals surface area contributed by atoms with Crippen molar-refractivity contribution in [3.63, 3.8) is 0 Å². The second kappa shape index (κ2) is 8.85. The highest BCUT2D eigenvalue weighted by atomic mass is 16.2. The Hall–Kier alpha value is -2.91. The Kier molecular flexibility index (Phi) is 5.83. The van der Waals surface area contributed by atoms with Gasteiger partial charge in [-0.25, -0.2) is 0 Å². The topological polar surface area (TPSA) is 32.3 Å². The molecule has 3 aromatic rings. The van der Waals surface area contributed by atoms with Crippen molar-refractivity contribution >= 4 is 5.91 Å². The lowest BCUT2D eigenvalue weighted by Gasteiger charge is -2.41. The fourth-order valence-electron chi connectivity index (χ4n) is 4.07. The van der Waals surface area contributed by atoms with Gasteiger partial charge in [-0.15, -0.1) is 0 Å². The Balaban J connectivity index is 1.69. The van der Waals surface area contributed by atoms with Crippen molar-refractivity contribution < 1.29 is 4.79 Å². The highest BCUT2D eigenvalue weighted by Gasteiger charge is 2.34. The Morgan fingerprint density at radius 2 is 1.46 bits per heavy atom. The van der Waals surface area contributed by atoms with Gasteiger partial charge in [-0.1, -0.05) is 78.9 Å². The lowest BCUT2D eigenvalue weighted by atomic mass is 9.90. The first-order valence-corrected chi connectivity index (χ1v) is 10.0. The standard InChI is InChI=1S/C25H26N2O/c28-25(22-15-8-3-9-16-22)27(19-20-11-4-1-5-12-20)23-17-10-18-26-24(23)21-13-6-2-7-14-21/h1-9,11-16,23-24,26H,10,17-19H2/t23-,24-/m1/s1. The van der Waals surface area contributed by atoms with Gasteiger partial charge in [0.1, 0.15) is 0 Å². The Morgan fingerprint density at radius 1 is 0.857 bits per heavy atom. The predicted molar refractivity (Wildman–Crippen MR) is 113 cm³/mol. The van der Waals surface area contributed by atoms with E-state index in [2.05, 4.69) is 46.6 Å². The van der Waals surface area contributed by atoms with E-state index in [1.54, 1.807) is 0 Å². The van der Waals surface area contributed by atoms with Crippen molar-refractivity contribution in [1.82, 2.24) is 10.2 Å². The molecule has 0 unspecified atom stereocenters. The normalized spacial score (nSPS) is 19.1. The van der Waals surface area contributed by atoms with Crippen LogP contribution in [0.4, 0.5) is 0 Å². The van der Waals surface area contributed by atoms with E-state index >= 15 is 0 Å². The molecule has 0 aliphatic carbocycles. The molecule has 1 aliphatic rings. The molecule has 1 saturated heterocycles. The van der Waals surface area contributed by atoms with E-state index in [4.69, 9.17) is 0 Å². The van der Waals surface area contributed by atoms with Crippen LogP contribution in [0.2, 0.25) is 0 Å². The summed E-state index contributed by atoms with van der Waals surface area (Å²) < 4.78 is 0. The highest BCUT2D eigenvalue weighted by molar-refractivity contribution is 5.94. The van der Waals surface area contributed by atoms with Crippen molar-refractivity contribution in [3.05, 3.63) is 108 Å².